The Bertz CT molecular complexity index is 1370. The van der Waals surface area contributed by atoms with Crippen molar-refractivity contribution in [3.05, 3.63) is 56.2 Å². The first-order chi connectivity index (χ1) is 16.3. The summed E-state index contributed by atoms with van der Waals surface area (Å²) in [4.78, 5) is 44.3. The smallest absolute Gasteiger partial charge is 0.356 e. The molecular weight excluding hydrogens is 458 g/mol. The summed E-state index contributed by atoms with van der Waals surface area (Å²) < 4.78 is 6.37. The average molecular weight is 482 g/mol. The van der Waals surface area contributed by atoms with Crippen LogP contribution in [0.2, 0.25) is 0 Å². The number of aliphatic hydroxyl groups is 1. The molecule has 3 heterocycles. The van der Waals surface area contributed by atoms with E-state index in [9.17, 15) is 19.6 Å². The lowest BCUT2D eigenvalue weighted by Gasteiger charge is -2.33. The second-order valence-corrected chi connectivity index (χ2v) is 9.09. The molecule has 10 nitrogen and oxygen atoms in total. The molecule has 1 aliphatic heterocycles. The summed E-state index contributed by atoms with van der Waals surface area (Å²) in [6.07, 6.45) is 1.71. The molecular formula is C23H23N5O5S. The number of benzene rings is 1. The minimum Gasteiger partial charge on any atom is -0.387 e. The highest BCUT2D eigenvalue weighted by Gasteiger charge is 2.27. The van der Waals surface area contributed by atoms with E-state index in [1.807, 2.05) is 4.90 Å². The number of anilines is 1. The van der Waals surface area contributed by atoms with Gasteiger partial charge >= 0.3 is 11.9 Å². The van der Waals surface area contributed by atoms with Gasteiger partial charge in [0.2, 0.25) is 5.95 Å². The molecule has 0 saturated carbocycles. The number of aromatic nitrogens is 2. The molecule has 1 atom stereocenters. The van der Waals surface area contributed by atoms with Crippen LogP contribution >= 0.6 is 11.3 Å². The maximum atomic E-state index is 13.7. The normalized spacial score (nSPS) is 15.8. The first kappa shape index (κ1) is 23.6. The monoisotopic (exact) mass is 481 g/mol. The van der Waals surface area contributed by atoms with E-state index in [2.05, 4.69) is 10.8 Å². The van der Waals surface area contributed by atoms with Crippen molar-refractivity contribution in [1.82, 2.24) is 9.55 Å². The SMILES string of the molecule is Cc1c(C(=O)OC(=O)CO)sc2c(=O)n(Cc3ccccc3C#N)c(N3CCC[C@@H](N)C3)nc12. The van der Waals surface area contributed by atoms with Crippen LogP contribution in [0.4, 0.5) is 5.95 Å². The van der Waals surface area contributed by atoms with E-state index in [0.29, 0.717) is 41.2 Å². The van der Waals surface area contributed by atoms with Gasteiger partial charge in [-0.3, -0.25) is 9.36 Å². The van der Waals surface area contributed by atoms with Gasteiger partial charge in [0, 0.05) is 24.7 Å². The van der Waals surface area contributed by atoms with Gasteiger partial charge in [-0.2, -0.15) is 5.26 Å². The molecule has 3 aromatic rings. The molecule has 0 radical (unpaired) electrons. The Kier molecular flexibility index (Phi) is 6.74. The number of nitriles is 1. The molecule has 1 fully saturated rings. The summed E-state index contributed by atoms with van der Waals surface area (Å²) in [7, 11) is 0. The number of piperidine rings is 1. The predicted octanol–water partition coefficient (Wildman–Crippen LogP) is 1.29. The fraction of sp³-hybridized carbons (Fsp3) is 0.348. The highest BCUT2D eigenvalue weighted by molar-refractivity contribution is 7.20. The second-order valence-electron chi connectivity index (χ2n) is 8.07. The van der Waals surface area contributed by atoms with Crippen LogP contribution in [0.3, 0.4) is 0 Å². The number of fused-ring (bicyclic) bond motifs is 1. The molecule has 0 amide bonds. The maximum Gasteiger partial charge on any atom is 0.356 e. The van der Waals surface area contributed by atoms with Gasteiger partial charge in [-0.15, -0.1) is 11.3 Å². The Balaban J connectivity index is 1.89. The molecule has 0 spiro atoms. The van der Waals surface area contributed by atoms with Gasteiger partial charge in [0.05, 0.1) is 23.7 Å². The minimum atomic E-state index is -1.08. The summed E-state index contributed by atoms with van der Waals surface area (Å²) in [5.74, 6) is -1.61. The first-order valence-electron chi connectivity index (χ1n) is 10.7. The Labute approximate surface area is 198 Å². The molecule has 34 heavy (non-hydrogen) atoms. The standard InChI is InChI=1S/C23H23N5O5S/c1-13-18-20(34-19(13)22(32)33-17(30)12-29)21(31)28(10-15-6-3-2-5-14(15)9-24)23(26-18)27-8-4-7-16(25)11-27/h2-3,5-6,16,29H,4,7-8,10-12,25H2,1H3/t16-/m1/s1. The van der Waals surface area contributed by atoms with Crippen molar-refractivity contribution in [1.29, 1.82) is 5.26 Å². The van der Waals surface area contributed by atoms with E-state index in [0.717, 1.165) is 24.2 Å². The number of nitrogens with zero attached hydrogens (tertiary/aromatic N) is 4. The Morgan fingerprint density at radius 3 is 2.85 bits per heavy atom. The molecule has 1 aliphatic rings. The zero-order valence-corrected chi connectivity index (χ0v) is 19.3. The van der Waals surface area contributed by atoms with E-state index in [1.165, 1.54) is 4.57 Å². The fourth-order valence-corrected chi connectivity index (χ4v) is 5.12. The minimum absolute atomic E-state index is 0.0675. The Morgan fingerprint density at radius 1 is 1.38 bits per heavy atom. The number of ether oxygens (including phenoxy) is 1. The largest absolute Gasteiger partial charge is 0.387 e. The van der Waals surface area contributed by atoms with Crippen molar-refractivity contribution >= 4 is 39.4 Å². The number of carbonyl (C=O) groups excluding carboxylic acids is 2. The highest BCUT2D eigenvalue weighted by atomic mass is 32.1. The zero-order valence-electron chi connectivity index (χ0n) is 18.5. The lowest BCUT2D eigenvalue weighted by molar-refractivity contribution is -0.141. The highest BCUT2D eigenvalue weighted by Crippen LogP contribution is 2.30. The van der Waals surface area contributed by atoms with Crippen LogP contribution in [0.15, 0.2) is 29.1 Å². The van der Waals surface area contributed by atoms with Crippen LogP contribution in [0.1, 0.15) is 39.2 Å². The van der Waals surface area contributed by atoms with Gasteiger partial charge in [0.1, 0.15) is 16.2 Å². The Morgan fingerprint density at radius 2 is 2.15 bits per heavy atom. The first-order valence-corrected chi connectivity index (χ1v) is 11.5. The molecule has 176 valence electrons. The third-order valence-electron chi connectivity index (χ3n) is 5.74. The van der Waals surface area contributed by atoms with E-state index in [4.69, 9.17) is 15.8 Å². The summed E-state index contributed by atoms with van der Waals surface area (Å²) in [6, 6.07) is 9.10. The van der Waals surface area contributed by atoms with Gasteiger partial charge in [-0.1, -0.05) is 18.2 Å². The van der Waals surface area contributed by atoms with E-state index >= 15 is 0 Å². The van der Waals surface area contributed by atoms with Crippen molar-refractivity contribution in [3.8, 4) is 6.07 Å². The van der Waals surface area contributed by atoms with Crippen LogP contribution in [0.5, 0.6) is 0 Å². The molecule has 0 bridgehead atoms. The van der Waals surface area contributed by atoms with Crippen LogP contribution in [0.25, 0.3) is 10.2 Å². The number of aryl methyl sites for hydroxylation is 1. The third kappa shape index (κ3) is 4.43. The Hall–Kier alpha value is -3.59. The van der Waals surface area contributed by atoms with Crippen LogP contribution in [-0.4, -0.2) is 52.3 Å². The molecule has 2 aromatic heterocycles. The van der Waals surface area contributed by atoms with Crippen molar-refractivity contribution in [2.45, 2.75) is 32.4 Å². The molecule has 0 aliphatic carbocycles. The molecule has 11 heteroatoms. The average Bonchev–Trinajstić information content (AvgIpc) is 3.17. The second kappa shape index (κ2) is 9.72. The van der Waals surface area contributed by atoms with Gasteiger partial charge < -0.3 is 20.5 Å². The third-order valence-corrected chi connectivity index (χ3v) is 6.98. The summed E-state index contributed by atoms with van der Waals surface area (Å²) in [5, 5.41) is 18.4. The van der Waals surface area contributed by atoms with Gasteiger partial charge in [-0.05, 0) is 31.4 Å². The van der Waals surface area contributed by atoms with E-state index in [1.54, 1.807) is 31.2 Å². The number of esters is 2. The molecule has 0 unspecified atom stereocenters. The molecule has 1 aromatic carbocycles. The predicted molar refractivity (Wildman–Crippen MR) is 126 cm³/mol. The number of aliphatic hydroxyl groups excluding tert-OH is 1. The lowest BCUT2D eigenvalue weighted by Crippen LogP contribution is -2.45. The summed E-state index contributed by atoms with van der Waals surface area (Å²) >= 11 is 0.889. The number of thiophene rings is 1. The lowest BCUT2D eigenvalue weighted by atomic mass is 10.1. The number of hydrogen-bond acceptors (Lipinski definition) is 10. The quantitative estimate of drug-likeness (QED) is 0.405. The van der Waals surface area contributed by atoms with E-state index in [-0.39, 0.29) is 27.7 Å². The number of carbonyl (C=O) groups is 2. The van der Waals surface area contributed by atoms with Crippen molar-refractivity contribution in [2.75, 3.05) is 24.6 Å². The van der Waals surface area contributed by atoms with Gasteiger partial charge in [0.25, 0.3) is 5.56 Å². The number of nitrogens with two attached hydrogens (primary N) is 1. The van der Waals surface area contributed by atoms with Gasteiger partial charge in [-0.25, -0.2) is 14.6 Å². The summed E-state index contributed by atoms with van der Waals surface area (Å²) in [5.41, 5.74) is 7.69. The molecule has 1 saturated heterocycles. The molecule has 3 N–H and O–H groups in total. The number of hydrogen-bond donors (Lipinski definition) is 2. The maximum absolute atomic E-state index is 13.7. The van der Waals surface area contributed by atoms with Crippen molar-refractivity contribution < 1.29 is 19.4 Å². The van der Waals surface area contributed by atoms with Crippen molar-refractivity contribution in [2.24, 2.45) is 5.73 Å². The van der Waals surface area contributed by atoms with Crippen LogP contribution in [0, 0.1) is 18.3 Å². The van der Waals surface area contributed by atoms with Gasteiger partial charge in [0.15, 0.2) is 0 Å². The number of rotatable bonds is 5. The van der Waals surface area contributed by atoms with E-state index < -0.39 is 18.5 Å². The topological polar surface area (TPSA) is 152 Å². The van der Waals surface area contributed by atoms with Crippen LogP contribution in [-0.2, 0) is 16.1 Å². The fourth-order valence-electron chi connectivity index (χ4n) is 4.05. The van der Waals surface area contributed by atoms with Crippen molar-refractivity contribution in [3.63, 3.8) is 0 Å². The zero-order chi connectivity index (χ0) is 24.4. The summed E-state index contributed by atoms with van der Waals surface area (Å²) in [6.45, 7) is 1.99. The molecule has 4 rings (SSSR count). The van der Waals surface area contributed by atoms with Crippen LogP contribution < -0.4 is 16.2 Å².